The third kappa shape index (κ3) is 2.60. The highest BCUT2D eigenvalue weighted by molar-refractivity contribution is 6.30. The molecule has 3 aromatic heterocycles. The van der Waals surface area contributed by atoms with Gasteiger partial charge in [-0.2, -0.15) is 0 Å². The minimum absolute atomic E-state index is 0.692. The van der Waals surface area contributed by atoms with E-state index in [2.05, 4.69) is 27.4 Å². The van der Waals surface area contributed by atoms with Crippen molar-refractivity contribution in [2.24, 2.45) is 5.92 Å². The maximum atomic E-state index is 6.08. The molecule has 4 nitrogen and oxygen atoms in total. The van der Waals surface area contributed by atoms with E-state index in [1.165, 1.54) is 12.0 Å². The van der Waals surface area contributed by atoms with Gasteiger partial charge in [0.05, 0.1) is 22.6 Å². The maximum absolute atomic E-state index is 6.08. The highest BCUT2D eigenvalue weighted by Gasteiger charge is 2.15. The Kier molecular flexibility index (Phi) is 3.56. The summed E-state index contributed by atoms with van der Waals surface area (Å²) >= 11 is 6.08. The molecule has 3 aromatic rings. The molecular weight excluding hydrogens is 296 g/mol. The molecule has 5 heteroatoms. The number of hydrogen-bond acceptors (Lipinski definition) is 3. The van der Waals surface area contributed by atoms with Crippen LogP contribution < -0.4 is 5.32 Å². The minimum Gasteiger partial charge on any atom is -0.316 e. The predicted octanol–water partition coefficient (Wildman–Crippen LogP) is 3.20. The second kappa shape index (κ2) is 5.71. The summed E-state index contributed by atoms with van der Waals surface area (Å²) in [5.74, 6) is 0.738. The number of pyridine rings is 2. The molecule has 0 aliphatic carbocycles. The molecule has 1 fully saturated rings. The molecule has 1 N–H and O–H groups in total. The van der Waals surface area contributed by atoms with Crippen molar-refractivity contribution in [2.75, 3.05) is 13.1 Å². The standard InChI is InChI=1S/C17H17ClN4/c18-14-2-4-17-21-10-16(22(17)11-14)15-3-1-12(9-20-15)7-13-5-6-19-8-13/h1-4,9-11,13,19H,5-8H2. The van der Waals surface area contributed by atoms with Crippen LogP contribution in [0.25, 0.3) is 17.0 Å². The van der Waals surface area contributed by atoms with Gasteiger partial charge >= 0.3 is 0 Å². The Hall–Kier alpha value is -1.91. The summed E-state index contributed by atoms with van der Waals surface area (Å²) in [6.45, 7) is 2.26. The average molecular weight is 313 g/mol. The van der Waals surface area contributed by atoms with Crippen molar-refractivity contribution in [3.63, 3.8) is 0 Å². The molecule has 0 amide bonds. The van der Waals surface area contributed by atoms with E-state index in [0.29, 0.717) is 5.02 Å². The Bertz CT molecular complexity index is 788. The zero-order chi connectivity index (χ0) is 14.9. The summed E-state index contributed by atoms with van der Waals surface area (Å²) in [6, 6.07) is 8.00. The molecule has 22 heavy (non-hydrogen) atoms. The van der Waals surface area contributed by atoms with Crippen LogP contribution in [0.5, 0.6) is 0 Å². The third-order valence-corrected chi connectivity index (χ3v) is 4.47. The molecule has 0 spiro atoms. The molecule has 112 valence electrons. The summed E-state index contributed by atoms with van der Waals surface area (Å²) in [7, 11) is 0. The molecular formula is C17H17ClN4. The average Bonchev–Trinajstić information content (AvgIpc) is 3.17. The lowest BCUT2D eigenvalue weighted by Gasteiger charge is -2.08. The molecule has 0 radical (unpaired) electrons. The topological polar surface area (TPSA) is 42.2 Å². The van der Waals surface area contributed by atoms with Gasteiger partial charge in [-0.25, -0.2) is 4.98 Å². The van der Waals surface area contributed by atoms with Gasteiger partial charge in [0, 0.05) is 12.4 Å². The van der Waals surface area contributed by atoms with E-state index in [1.807, 2.05) is 35.1 Å². The Balaban J connectivity index is 1.62. The lowest BCUT2D eigenvalue weighted by atomic mass is 10.00. The van der Waals surface area contributed by atoms with Crippen LogP contribution in [0, 0.1) is 5.92 Å². The molecule has 0 bridgehead atoms. The van der Waals surface area contributed by atoms with Crippen molar-refractivity contribution in [1.82, 2.24) is 19.7 Å². The van der Waals surface area contributed by atoms with Gasteiger partial charge in [0.2, 0.25) is 0 Å². The molecule has 1 unspecified atom stereocenters. The van der Waals surface area contributed by atoms with Crippen molar-refractivity contribution in [3.8, 4) is 11.4 Å². The molecule has 1 aliphatic heterocycles. The second-order valence-corrected chi connectivity index (χ2v) is 6.27. The molecule has 1 atom stereocenters. The van der Waals surface area contributed by atoms with Crippen molar-refractivity contribution in [1.29, 1.82) is 0 Å². The van der Waals surface area contributed by atoms with Gasteiger partial charge in [-0.05, 0) is 55.6 Å². The van der Waals surface area contributed by atoms with Gasteiger partial charge in [0.15, 0.2) is 0 Å². The smallest absolute Gasteiger partial charge is 0.137 e. The van der Waals surface area contributed by atoms with Gasteiger partial charge in [-0.3, -0.25) is 9.38 Å². The van der Waals surface area contributed by atoms with E-state index in [9.17, 15) is 0 Å². The fourth-order valence-electron chi connectivity index (χ4n) is 3.06. The fraction of sp³-hybridized carbons (Fsp3) is 0.294. The van der Waals surface area contributed by atoms with Gasteiger partial charge in [-0.15, -0.1) is 0 Å². The van der Waals surface area contributed by atoms with Crippen molar-refractivity contribution in [3.05, 3.63) is 53.4 Å². The van der Waals surface area contributed by atoms with Crippen molar-refractivity contribution >= 4 is 17.2 Å². The van der Waals surface area contributed by atoms with Crippen LogP contribution in [0.4, 0.5) is 0 Å². The van der Waals surface area contributed by atoms with Crippen LogP contribution >= 0.6 is 11.6 Å². The first-order valence-corrected chi connectivity index (χ1v) is 7.96. The molecule has 1 aliphatic rings. The lowest BCUT2D eigenvalue weighted by molar-refractivity contribution is 0.579. The monoisotopic (exact) mass is 312 g/mol. The van der Waals surface area contributed by atoms with Crippen LogP contribution in [0.1, 0.15) is 12.0 Å². The van der Waals surface area contributed by atoms with E-state index in [0.717, 1.165) is 42.5 Å². The molecule has 1 saturated heterocycles. The van der Waals surface area contributed by atoms with Crippen LogP contribution in [0.15, 0.2) is 42.9 Å². The number of nitrogens with zero attached hydrogens (tertiary/aromatic N) is 3. The number of imidazole rings is 1. The zero-order valence-electron chi connectivity index (χ0n) is 12.2. The van der Waals surface area contributed by atoms with Crippen LogP contribution in [-0.4, -0.2) is 27.5 Å². The summed E-state index contributed by atoms with van der Waals surface area (Å²) in [5, 5.41) is 4.10. The van der Waals surface area contributed by atoms with Gasteiger partial charge < -0.3 is 5.32 Å². The zero-order valence-corrected chi connectivity index (χ0v) is 12.9. The Labute approximate surface area is 134 Å². The van der Waals surface area contributed by atoms with Gasteiger partial charge in [-0.1, -0.05) is 17.7 Å². The number of nitrogens with one attached hydrogen (secondary N) is 1. The van der Waals surface area contributed by atoms with Crippen molar-refractivity contribution < 1.29 is 0 Å². The number of rotatable bonds is 3. The summed E-state index contributed by atoms with van der Waals surface area (Å²) in [4.78, 5) is 9.02. The lowest BCUT2D eigenvalue weighted by Crippen LogP contribution is -2.10. The van der Waals surface area contributed by atoms with Crippen molar-refractivity contribution in [2.45, 2.75) is 12.8 Å². The third-order valence-electron chi connectivity index (χ3n) is 4.24. The first kappa shape index (κ1) is 13.7. The number of hydrogen-bond donors (Lipinski definition) is 1. The van der Waals surface area contributed by atoms with E-state index >= 15 is 0 Å². The molecule has 0 saturated carbocycles. The fourth-order valence-corrected chi connectivity index (χ4v) is 3.22. The number of halogens is 1. The summed E-state index contributed by atoms with van der Waals surface area (Å²) in [6.07, 6.45) is 8.05. The van der Waals surface area contributed by atoms with E-state index in [4.69, 9.17) is 11.6 Å². The van der Waals surface area contributed by atoms with Crippen LogP contribution in [0.2, 0.25) is 5.02 Å². The number of aromatic nitrogens is 3. The highest BCUT2D eigenvalue weighted by Crippen LogP contribution is 2.22. The largest absolute Gasteiger partial charge is 0.316 e. The molecule has 4 rings (SSSR count). The maximum Gasteiger partial charge on any atom is 0.137 e. The molecule has 4 heterocycles. The molecule has 0 aromatic carbocycles. The van der Waals surface area contributed by atoms with E-state index in [-0.39, 0.29) is 0 Å². The van der Waals surface area contributed by atoms with Crippen LogP contribution in [-0.2, 0) is 6.42 Å². The minimum atomic E-state index is 0.692. The quantitative estimate of drug-likeness (QED) is 0.807. The predicted molar refractivity (Wildman–Crippen MR) is 88.1 cm³/mol. The Morgan fingerprint density at radius 3 is 2.91 bits per heavy atom. The highest BCUT2D eigenvalue weighted by atomic mass is 35.5. The summed E-state index contributed by atoms with van der Waals surface area (Å²) < 4.78 is 1.98. The Morgan fingerprint density at radius 2 is 2.14 bits per heavy atom. The van der Waals surface area contributed by atoms with E-state index in [1.54, 1.807) is 0 Å². The van der Waals surface area contributed by atoms with Crippen LogP contribution in [0.3, 0.4) is 0 Å². The first-order valence-electron chi connectivity index (χ1n) is 7.58. The van der Waals surface area contributed by atoms with Gasteiger partial charge in [0.1, 0.15) is 5.65 Å². The number of fused-ring (bicyclic) bond motifs is 1. The Morgan fingerprint density at radius 1 is 1.18 bits per heavy atom. The second-order valence-electron chi connectivity index (χ2n) is 5.83. The first-order chi connectivity index (χ1) is 10.8. The SMILES string of the molecule is Clc1ccc2ncc(-c3ccc(CC4CCNC4)cn3)n2c1. The van der Waals surface area contributed by atoms with E-state index < -0.39 is 0 Å². The summed E-state index contributed by atoms with van der Waals surface area (Å²) in [5.41, 5.74) is 4.06. The normalized spacial score (nSPS) is 18.1. The van der Waals surface area contributed by atoms with Gasteiger partial charge in [0.25, 0.3) is 0 Å².